The van der Waals surface area contributed by atoms with Crippen LogP contribution in [-0.2, 0) is 4.79 Å². The van der Waals surface area contributed by atoms with Gasteiger partial charge in [-0.3, -0.25) is 15.0 Å². The van der Waals surface area contributed by atoms with Gasteiger partial charge < -0.3 is 0 Å². The first-order valence-electron chi connectivity index (χ1n) is 9.22. The van der Waals surface area contributed by atoms with Crippen LogP contribution in [0.2, 0.25) is 5.02 Å². The Bertz CT molecular complexity index is 1050. The van der Waals surface area contributed by atoms with Crippen molar-refractivity contribution >= 4 is 28.4 Å². The van der Waals surface area contributed by atoms with Gasteiger partial charge in [0.1, 0.15) is 0 Å². The molecule has 1 aliphatic rings. The van der Waals surface area contributed by atoms with Crippen molar-refractivity contribution in [3.63, 3.8) is 0 Å². The summed E-state index contributed by atoms with van der Waals surface area (Å²) in [7, 11) is 0. The zero-order valence-corrected chi connectivity index (χ0v) is 15.6. The van der Waals surface area contributed by atoms with Gasteiger partial charge in [-0.25, -0.2) is 4.98 Å². The maximum absolute atomic E-state index is 13.1. The molecule has 0 bridgehead atoms. The normalized spacial score (nSPS) is 15.0. The molecule has 27 heavy (non-hydrogen) atoms. The molecule has 1 N–H and O–H groups in total. The van der Waals surface area contributed by atoms with Gasteiger partial charge in [-0.05, 0) is 37.1 Å². The van der Waals surface area contributed by atoms with Crippen LogP contribution in [0.15, 0.2) is 53.3 Å². The minimum absolute atomic E-state index is 0.0654. The van der Waals surface area contributed by atoms with Crippen LogP contribution >= 0.6 is 11.6 Å². The van der Waals surface area contributed by atoms with E-state index < -0.39 is 0 Å². The van der Waals surface area contributed by atoms with E-state index in [-0.39, 0.29) is 17.4 Å². The molecule has 1 aliphatic carbocycles. The molecule has 0 aliphatic heterocycles. The Balaban J connectivity index is 1.83. The second-order valence-corrected chi connectivity index (χ2v) is 7.35. The number of nitrogens with one attached hydrogen (secondary N) is 1. The van der Waals surface area contributed by atoms with E-state index in [1.165, 1.54) is 4.68 Å². The van der Waals surface area contributed by atoms with Crippen molar-refractivity contribution in [3.8, 4) is 11.4 Å². The summed E-state index contributed by atoms with van der Waals surface area (Å²) in [5.74, 6) is 0.187. The van der Waals surface area contributed by atoms with Crippen LogP contribution in [0.1, 0.15) is 32.1 Å². The summed E-state index contributed by atoms with van der Waals surface area (Å²) in [6, 6.07) is 14.3. The number of aromatic nitrogens is 2. The molecule has 1 amide bonds. The zero-order valence-electron chi connectivity index (χ0n) is 14.8. The van der Waals surface area contributed by atoms with Gasteiger partial charge in [0.15, 0.2) is 5.82 Å². The first-order valence-corrected chi connectivity index (χ1v) is 9.60. The van der Waals surface area contributed by atoms with Gasteiger partial charge in [-0.2, -0.15) is 4.68 Å². The monoisotopic (exact) mass is 381 g/mol. The Morgan fingerprint density at radius 3 is 2.63 bits per heavy atom. The highest BCUT2D eigenvalue weighted by molar-refractivity contribution is 6.30. The highest BCUT2D eigenvalue weighted by Gasteiger charge is 2.23. The molecule has 0 atom stereocenters. The fraction of sp³-hybridized carbons (Fsp3) is 0.286. The van der Waals surface area contributed by atoms with Crippen molar-refractivity contribution in [2.45, 2.75) is 32.1 Å². The number of fused-ring (bicyclic) bond motifs is 1. The first kappa shape index (κ1) is 17.7. The molecule has 1 aromatic heterocycles. The molecule has 0 radical (unpaired) electrons. The van der Waals surface area contributed by atoms with Gasteiger partial charge in [-0.15, -0.1) is 0 Å². The lowest BCUT2D eigenvalue weighted by Gasteiger charge is -2.22. The summed E-state index contributed by atoms with van der Waals surface area (Å²) in [5.41, 5.74) is 3.79. The Labute approximate surface area is 162 Å². The molecule has 3 aromatic rings. The van der Waals surface area contributed by atoms with Gasteiger partial charge in [0.2, 0.25) is 5.91 Å². The molecule has 6 heteroatoms. The summed E-state index contributed by atoms with van der Waals surface area (Å²) in [6.07, 6.45) is 4.96. The van der Waals surface area contributed by atoms with Gasteiger partial charge in [0.25, 0.3) is 5.56 Å². The van der Waals surface area contributed by atoms with E-state index in [9.17, 15) is 9.59 Å². The number of hydrogen-bond acceptors (Lipinski definition) is 3. The number of halogens is 1. The summed E-state index contributed by atoms with van der Waals surface area (Å²) in [4.78, 5) is 30.5. The number of amides is 1. The second kappa shape index (κ2) is 7.53. The Kier molecular flexibility index (Phi) is 4.94. The second-order valence-electron chi connectivity index (χ2n) is 6.91. The summed E-state index contributed by atoms with van der Waals surface area (Å²) in [6.45, 7) is 0. The van der Waals surface area contributed by atoms with Gasteiger partial charge >= 0.3 is 0 Å². The number of para-hydroxylation sites is 1. The molecule has 5 nitrogen and oxygen atoms in total. The average Bonchev–Trinajstić information content (AvgIpc) is 2.70. The topological polar surface area (TPSA) is 64.0 Å². The van der Waals surface area contributed by atoms with Crippen molar-refractivity contribution in [2.24, 2.45) is 5.92 Å². The van der Waals surface area contributed by atoms with Gasteiger partial charge in [0.05, 0.1) is 10.9 Å². The first-order chi connectivity index (χ1) is 13.1. The average molecular weight is 382 g/mol. The van der Waals surface area contributed by atoms with Crippen LogP contribution in [0.4, 0.5) is 0 Å². The van der Waals surface area contributed by atoms with E-state index in [1.54, 1.807) is 36.4 Å². The number of carbonyl (C=O) groups is 1. The van der Waals surface area contributed by atoms with E-state index in [2.05, 4.69) is 10.4 Å². The number of rotatable bonds is 3. The van der Waals surface area contributed by atoms with Crippen molar-refractivity contribution in [1.29, 1.82) is 0 Å². The Morgan fingerprint density at radius 2 is 1.85 bits per heavy atom. The third-order valence-corrected chi connectivity index (χ3v) is 5.29. The van der Waals surface area contributed by atoms with Crippen LogP contribution < -0.4 is 11.0 Å². The molecule has 0 unspecified atom stereocenters. The van der Waals surface area contributed by atoms with Gasteiger partial charge in [0, 0.05) is 16.5 Å². The van der Waals surface area contributed by atoms with Crippen LogP contribution in [0.5, 0.6) is 0 Å². The van der Waals surface area contributed by atoms with Crippen molar-refractivity contribution in [3.05, 3.63) is 63.9 Å². The Hall–Kier alpha value is -2.66. The van der Waals surface area contributed by atoms with E-state index in [0.29, 0.717) is 27.3 Å². The molecule has 138 valence electrons. The van der Waals surface area contributed by atoms with Crippen LogP contribution in [0.3, 0.4) is 0 Å². The zero-order chi connectivity index (χ0) is 18.8. The van der Waals surface area contributed by atoms with Crippen molar-refractivity contribution in [1.82, 2.24) is 9.66 Å². The molecule has 1 heterocycles. The molecule has 2 aromatic carbocycles. The lowest BCUT2D eigenvalue weighted by atomic mass is 9.89. The van der Waals surface area contributed by atoms with E-state index in [0.717, 1.165) is 32.1 Å². The molecule has 4 rings (SSSR count). The largest absolute Gasteiger partial charge is 0.280 e. The Morgan fingerprint density at radius 1 is 1.07 bits per heavy atom. The smallest absolute Gasteiger partial charge is 0.273 e. The highest BCUT2D eigenvalue weighted by atomic mass is 35.5. The van der Waals surface area contributed by atoms with E-state index in [4.69, 9.17) is 11.6 Å². The standard InChI is InChI=1S/C21H20ClN3O2/c22-16-10-6-9-15(13-16)19-23-18-12-5-4-11-17(18)21(27)25(19)24-20(26)14-7-2-1-3-8-14/h4-6,9-14H,1-3,7-8H2,(H,24,26). The van der Waals surface area contributed by atoms with E-state index >= 15 is 0 Å². The maximum atomic E-state index is 13.1. The number of nitrogens with zero attached hydrogens (tertiary/aromatic N) is 2. The predicted octanol–water partition coefficient (Wildman–Crippen LogP) is 4.37. The van der Waals surface area contributed by atoms with Crippen molar-refractivity contribution in [2.75, 3.05) is 5.43 Å². The molecular formula is C21H20ClN3O2. The molecule has 0 spiro atoms. The minimum atomic E-state index is -0.292. The summed E-state index contributed by atoms with van der Waals surface area (Å²) >= 11 is 6.13. The summed E-state index contributed by atoms with van der Waals surface area (Å²) < 4.78 is 1.27. The number of hydrogen-bond donors (Lipinski definition) is 1. The molecular weight excluding hydrogens is 362 g/mol. The minimum Gasteiger partial charge on any atom is -0.273 e. The lowest BCUT2D eigenvalue weighted by molar-refractivity contribution is -0.121. The van der Waals surface area contributed by atoms with Crippen LogP contribution in [0, 0.1) is 5.92 Å². The third kappa shape index (κ3) is 3.60. The highest BCUT2D eigenvalue weighted by Crippen LogP contribution is 2.25. The maximum Gasteiger partial charge on any atom is 0.280 e. The quantitative estimate of drug-likeness (QED) is 0.732. The molecule has 0 saturated heterocycles. The molecule has 1 fully saturated rings. The number of carbonyl (C=O) groups excluding carboxylic acids is 1. The predicted molar refractivity (Wildman–Crippen MR) is 107 cm³/mol. The fourth-order valence-electron chi connectivity index (χ4n) is 3.62. The van der Waals surface area contributed by atoms with Crippen LogP contribution in [-0.4, -0.2) is 15.6 Å². The third-order valence-electron chi connectivity index (χ3n) is 5.06. The SMILES string of the molecule is O=C(Nn1c(-c2cccc(Cl)c2)nc2ccccc2c1=O)C1CCCCC1. The van der Waals surface area contributed by atoms with E-state index in [1.807, 2.05) is 12.1 Å². The van der Waals surface area contributed by atoms with Gasteiger partial charge in [-0.1, -0.05) is 55.1 Å². The van der Waals surface area contributed by atoms with Crippen molar-refractivity contribution < 1.29 is 4.79 Å². The summed E-state index contributed by atoms with van der Waals surface area (Å²) in [5, 5.41) is 1.01. The lowest BCUT2D eigenvalue weighted by Crippen LogP contribution is -2.38. The fourth-order valence-corrected chi connectivity index (χ4v) is 3.81. The van der Waals surface area contributed by atoms with Crippen LogP contribution in [0.25, 0.3) is 22.3 Å². The number of benzene rings is 2. The molecule has 1 saturated carbocycles.